The topological polar surface area (TPSA) is 23.6 Å². The second-order valence-corrected chi connectivity index (χ2v) is 6.33. The lowest BCUT2D eigenvalue weighted by atomic mass is 9.88. The van der Waals surface area contributed by atoms with Crippen LogP contribution in [0.1, 0.15) is 15.9 Å². The van der Waals surface area contributed by atoms with Crippen molar-refractivity contribution in [3.8, 4) is 0 Å². The molecule has 2 aromatic rings. The molecule has 0 amide bonds. The maximum absolute atomic E-state index is 12.8. The first-order valence-electron chi connectivity index (χ1n) is 7.90. The van der Waals surface area contributed by atoms with E-state index in [1.54, 1.807) is 0 Å². The lowest BCUT2D eigenvalue weighted by Crippen LogP contribution is -2.45. The molecule has 1 aliphatic carbocycles. The lowest BCUT2D eigenvalue weighted by molar-refractivity contribution is 0.101. The lowest BCUT2D eigenvalue weighted by Gasteiger charge is -2.33. The van der Waals surface area contributed by atoms with E-state index in [9.17, 15) is 4.79 Å². The summed E-state index contributed by atoms with van der Waals surface area (Å²) in [6.07, 6.45) is 2.09. The van der Waals surface area contributed by atoms with Gasteiger partial charge >= 0.3 is 0 Å². The number of hydrogen-bond acceptors (Lipinski definition) is 3. The maximum Gasteiger partial charge on any atom is 0.190 e. The number of halogens is 1. The fourth-order valence-electron chi connectivity index (χ4n) is 3.47. The molecule has 1 fully saturated rings. The van der Waals surface area contributed by atoms with Gasteiger partial charge in [-0.25, -0.2) is 0 Å². The number of likely N-dealkylation sites (N-methyl/N-ethyl adjacent to an activating group) is 1. The van der Waals surface area contributed by atoms with Crippen LogP contribution >= 0.6 is 12.4 Å². The van der Waals surface area contributed by atoms with Gasteiger partial charge in [0, 0.05) is 49.2 Å². The Hall–Kier alpha value is -1.68. The van der Waals surface area contributed by atoms with Crippen molar-refractivity contribution in [3.05, 3.63) is 53.1 Å². The molecule has 2 aromatic carbocycles. The highest BCUT2D eigenvalue weighted by atomic mass is 35.5. The molecule has 0 bridgehead atoms. The van der Waals surface area contributed by atoms with Gasteiger partial charge in [0.2, 0.25) is 0 Å². The molecular weight excluding hydrogens is 308 g/mol. The van der Waals surface area contributed by atoms with E-state index < -0.39 is 0 Å². The van der Waals surface area contributed by atoms with Crippen LogP contribution in [-0.2, 0) is 0 Å². The van der Waals surface area contributed by atoms with Crippen LogP contribution in [0.5, 0.6) is 0 Å². The highest BCUT2D eigenvalue weighted by Crippen LogP contribution is 2.31. The number of Topliss-reactive ketones (excluding diaryl/α,β-unsaturated/α-hetero) is 1. The van der Waals surface area contributed by atoms with Crippen LogP contribution in [-0.4, -0.2) is 55.4 Å². The Morgan fingerprint density at radius 3 is 2.43 bits per heavy atom. The first-order chi connectivity index (χ1) is 10.7. The number of carbonyl (C=O) groups excluding carboxylic acids is 1. The molecule has 4 heteroatoms. The summed E-state index contributed by atoms with van der Waals surface area (Å²) < 4.78 is 0. The average molecular weight is 329 g/mol. The van der Waals surface area contributed by atoms with E-state index in [0.717, 1.165) is 54.6 Å². The molecule has 1 aliphatic heterocycles. The molecular formula is C19H21ClN2O. The Labute approximate surface area is 143 Å². The third-order valence-corrected chi connectivity index (χ3v) is 4.79. The first-order valence-corrected chi connectivity index (χ1v) is 7.90. The second kappa shape index (κ2) is 6.44. The largest absolute Gasteiger partial charge is 0.304 e. The Bertz CT molecular complexity index is 771. The van der Waals surface area contributed by atoms with Crippen molar-refractivity contribution in [2.45, 2.75) is 0 Å². The molecule has 2 aliphatic rings. The van der Waals surface area contributed by atoms with Crippen molar-refractivity contribution in [3.63, 3.8) is 0 Å². The third-order valence-electron chi connectivity index (χ3n) is 4.79. The highest BCUT2D eigenvalue weighted by molar-refractivity contribution is 6.22. The number of hydrogen-bond donors (Lipinski definition) is 0. The quantitative estimate of drug-likeness (QED) is 0.846. The van der Waals surface area contributed by atoms with E-state index in [0.29, 0.717) is 0 Å². The van der Waals surface area contributed by atoms with Crippen molar-refractivity contribution < 1.29 is 4.79 Å². The number of carbonyl (C=O) groups is 1. The molecule has 1 saturated heterocycles. The number of rotatable bonds is 2. The van der Waals surface area contributed by atoms with Gasteiger partial charge in [-0.1, -0.05) is 36.4 Å². The summed E-state index contributed by atoms with van der Waals surface area (Å²) in [6, 6.07) is 12.3. The van der Waals surface area contributed by atoms with Gasteiger partial charge < -0.3 is 4.90 Å². The average Bonchev–Trinajstić information content (AvgIpc) is 2.54. The van der Waals surface area contributed by atoms with Crippen LogP contribution in [0.3, 0.4) is 0 Å². The molecule has 0 radical (unpaired) electrons. The predicted molar refractivity (Wildman–Crippen MR) is 97.4 cm³/mol. The summed E-state index contributed by atoms with van der Waals surface area (Å²) in [7, 11) is 2.15. The summed E-state index contributed by atoms with van der Waals surface area (Å²) in [5, 5.41) is 2.26. The van der Waals surface area contributed by atoms with E-state index in [4.69, 9.17) is 0 Å². The zero-order valence-corrected chi connectivity index (χ0v) is 14.1. The number of benzene rings is 2. The standard InChI is InChI=1S/C19H20N2O.ClH/c1-20-8-10-21(11-9-20)13-16-12-15-6-2-4-14-5-3-7-17(18(14)15)19(16)22;/h2-7,12H,8-11,13H2,1H3;1H. The zero-order chi connectivity index (χ0) is 15.1. The molecule has 0 spiro atoms. The molecule has 0 saturated carbocycles. The predicted octanol–water partition coefficient (Wildman–Crippen LogP) is 3.09. The SMILES string of the molecule is CN1CCN(CC2=Cc3cccc4cccc(c34)C2=O)CC1.Cl. The fourth-order valence-corrected chi connectivity index (χ4v) is 3.47. The monoisotopic (exact) mass is 328 g/mol. The van der Waals surface area contributed by atoms with Gasteiger partial charge in [0.25, 0.3) is 0 Å². The van der Waals surface area contributed by atoms with Gasteiger partial charge in [-0.15, -0.1) is 12.4 Å². The van der Waals surface area contributed by atoms with Crippen molar-refractivity contribution in [2.75, 3.05) is 39.8 Å². The first kappa shape index (κ1) is 16.2. The van der Waals surface area contributed by atoms with E-state index >= 15 is 0 Å². The minimum absolute atomic E-state index is 0. The highest BCUT2D eigenvalue weighted by Gasteiger charge is 2.24. The molecule has 0 unspecified atom stereocenters. The number of ketones is 1. The third kappa shape index (κ3) is 2.92. The van der Waals surface area contributed by atoms with Crippen LogP contribution < -0.4 is 0 Å². The molecule has 1 heterocycles. The Morgan fingerprint density at radius 1 is 1.00 bits per heavy atom. The van der Waals surface area contributed by atoms with Gasteiger partial charge in [0.05, 0.1) is 0 Å². The zero-order valence-electron chi connectivity index (χ0n) is 13.3. The molecule has 4 rings (SSSR count). The van der Waals surface area contributed by atoms with Crippen molar-refractivity contribution >= 4 is 35.0 Å². The number of piperazine rings is 1. The summed E-state index contributed by atoms with van der Waals surface area (Å²) in [5.41, 5.74) is 2.97. The van der Waals surface area contributed by atoms with Gasteiger partial charge in [0.15, 0.2) is 5.78 Å². The molecule has 0 aromatic heterocycles. The molecule has 3 nitrogen and oxygen atoms in total. The van der Waals surface area contributed by atoms with E-state index in [2.05, 4.69) is 47.2 Å². The minimum Gasteiger partial charge on any atom is -0.304 e. The van der Waals surface area contributed by atoms with Gasteiger partial charge in [-0.2, -0.15) is 0 Å². The Morgan fingerprint density at radius 2 is 1.70 bits per heavy atom. The normalized spacial score (nSPS) is 18.7. The molecule has 0 N–H and O–H groups in total. The Balaban J connectivity index is 0.00000156. The van der Waals surface area contributed by atoms with Crippen LogP contribution in [0.15, 0.2) is 42.0 Å². The van der Waals surface area contributed by atoms with E-state index in [1.165, 1.54) is 5.56 Å². The second-order valence-electron chi connectivity index (χ2n) is 6.33. The van der Waals surface area contributed by atoms with Crippen LogP contribution in [0.25, 0.3) is 16.8 Å². The van der Waals surface area contributed by atoms with Crippen molar-refractivity contribution in [2.24, 2.45) is 0 Å². The van der Waals surface area contributed by atoms with Gasteiger partial charge in [-0.3, -0.25) is 9.69 Å². The minimum atomic E-state index is 0. The molecule has 23 heavy (non-hydrogen) atoms. The maximum atomic E-state index is 12.8. The van der Waals surface area contributed by atoms with Gasteiger partial charge in [0.1, 0.15) is 0 Å². The smallest absolute Gasteiger partial charge is 0.190 e. The summed E-state index contributed by atoms with van der Waals surface area (Å²) in [4.78, 5) is 17.6. The van der Waals surface area contributed by atoms with Crippen LogP contribution in [0.4, 0.5) is 0 Å². The molecule has 120 valence electrons. The summed E-state index contributed by atoms with van der Waals surface area (Å²) >= 11 is 0. The number of nitrogens with zero attached hydrogens (tertiary/aromatic N) is 2. The van der Waals surface area contributed by atoms with Crippen molar-refractivity contribution in [1.29, 1.82) is 0 Å². The summed E-state index contributed by atoms with van der Waals surface area (Å²) in [6.45, 7) is 4.98. The van der Waals surface area contributed by atoms with Crippen molar-refractivity contribution in [1.82, 2.24) is 9.80 Å². The van der Waals surface area contributed by atoms with Crippen LogP contribution in [0.2, 0.25) is 0 Å². The van der Waals surface area contributed by atoms with Gasteiger partial charge in [-0.05, 0) is 24.1 Å². The van der Waals surface area contributed by atoms with Crippen LogP contribution in [0, 0.1) is 0 Å². The Kier molecular flexibility index (Phi) is 4.53. The summed E-state index contributed by atoms with van der Waals surface area (Å²) in [5.74, 6) is 0.197. The molecule has 0 atom stereocenters. The van der Waals surface area contributed by atoms with E-state index in [1.807, 2.05) is 12.1 Å². The fraction of sp³-hybridized carbons (Fsp3) is 0.316. The van der Waals surface area contributed by atoms with E-state index in [-0.39, 0.29) is 18.2 Å².